The van der Waals surface area contributed by atoms with Gasteiger partial charge in [0.1, 0.15) is 0 Å². The van der Waals surface area contributed by atoms with Crippen molar-refractivity contribution in [1.82, 2.24) is 10.6 Å². The number of ether oxygens (including phenoxy) is 1. The Morgan fingerprint density at radius 3 is 3.06 bits per heavy atom. The molecule has 0 aromatic rings. The molecule has 2 saturated heterocycles. The van der Waals surface area contributed by atoms with E-state index < -0.39 is 0 Å². The molecule has 92 valence electrons. The van der Waals surface area contributed by atoms with Gasteiger partial charge in [-0.1, -0.05) is 0 Å². The smallest absolute Gasteiger partial charge is 0.225 e. The van der Waals surface area contributed by atoms with E-state index in [9.17, 15) is 4.79 Å². The fourth-order valence-corrected chi connectivity index (χ4v) is 2.49. The Labute approximate surface area is 97.1 Å². The number of carbonyl (C=O) groups excluding carboxylic acids is 1. The predicted molar refractivity (Wildman–Crippen MR) is 62.1 cm³/mol. The molecule has 3 atom stereocenters. The van der Waals surface area contributed by atoms with Crippen molar-refractivity contribution in [2.75, 3.05) is 26.2 Å². The van der Waals surface area contributed by atoms with Crippen molar-refractivity contribution in [3.8, 4) is 0 Å². The lowest BCUT2D eigenvalue weighted by molar-refractivity contribution is -0.125. The average molecular weight is 226 g/mol. The van der Waals surface area contributed by atoms with Crippen molar-refractivity contribution in [3.63, 3.8) is 0 Å². The van der Waals surface area contributed by atoms with E-state index in [-0.39, 0.29) is 17.9 Å². The number of hydrogen-bond acceptors (Lipinski definition) is 3. The molecule has 4 heteroatoms. The van der Waals surface area contributed by atoms with Crippen LogP contribution in [-0.4, -0.2) is 38.3 Å². The Bertz CT molecular complexity index is 239. The first-order valence-corrected chi connectivity index (χ1v) is 6.35. The minimum absolute atomic E-state index is 0.0755. The molecular weight excluding hydrogens is 204 g/mol. The van der Waals surface area contributed by atoms with E-state index in [0.29, 0.717) is 12.5 Å². The summed E-state index contributed by atoms with van der Waals surface area (Å²) in [5.74, 6) is 0.860. The van der Waals surface area contributed by atoms with Gasteiger partial charge < -0.3 is 15.4 Å². The van der Waals surface area contributed by atoms with Crippen LogP contribution in [0.3, 0.4) is 0 Å². The lowest BCUT2D eigenvalue weighted by atomic mass is 9.99. The molecule has 0 spiro atoms. The number of piperidine rings is 1. The van der Waals surface area contributed by atoms with Gasteiger partial charge in [-0.15, -0.1) is 0 Å². The zero-order valence-electron chi connectivity index (χ0n) is 10.00. The van der Waals surface area contributed by atoms with Crippen molar-refractivity contribution >= 4 is 5.91 Å². The summed E-state index contributed by atoms with van der Waals surface area (Å²) in [6.07, 6.45) is 3.57. The lowest BCUT2D eigenvalue weighted by Crippen LogP contribution is -2.40. The first-order valence-electron chi connectivity index (χ1n) is 6.35. The molecule has 0 aliphatic carbocycles. The maximum Gasteiger partial charge on any atom is 0.225 e. The van der Waals surface area contributed by atoms with Crippen LogP contribution in [0, 0.1) is 11.8 Å². The molecule has 2 aliphatic rings. The third-order valence-corrected chi connectivity index (χ3v) is 3.53. The predicted octanol–water partition coefficient (Wildman–Crippen LogP) is 0.527. The van der Waals surface area contributed by atoms with Crippen LogP contribution < -0.4 is 10.6 Å². The van der Waals surface area contributed by atoms with Gasteiger partial charge in [0, 0.05) is 6.54 Å². The third-order valence-electron chi connectivity index (χ3n) is 3.53. The number of nitrogens with one attached hydrogen (secondary N) is 2. The number of carbonyl (C=O) groups is 1. The Balaban J connectivity index is 1.67. The summed E-state index contributed by atoms with van der Waals surface area (Å²) >= 11 is 0. The topological polar surface area (TPSA) is 50.4 Å². The van der Waals surface area contributed by atoms with Crippen molar-refractivity contribution in [2.45, 2.75) is 32.3 Å². The second kappa shape index (κ2) is 5.64. The fourth-order valence-electron chi connectivity index (χ4n) is 2.49. The summed E-state index contributed by atoms with van der Waals surface area (Å²) in [5, 5.41) is 6.42. The molecule has 2 aliphatic heterocycles. The summed E-state index contributed by atoms with van der Waals surface area (Å²) in [5.41, 5.74) is 0. The third kappa shape index (κ3) is 3.19. The van der Waals surface area contributed by atoms with Crippen LogP contribution in [0.1, 0.15) is 26.2 Å². The summed E-state index contributed by atoms with van der Waals surface area (Å²) in [6, 6.07) is 0. The molecule has 0 bridgehead atoms. The largest absolute Gasteiger partial charge is 0.378 e. The molecule has 0 aromatic carbocycles. The van der Waals surface area contributed by atoms with E-state index in [2.05, 4.69) is 10.6 Å². The van der Waals surface area contributed by atoms with Gasteiger partial charge in [0.05, 0.1) is 18.6 Å². The molecule has 2 rings (SSSR count). The second-order valence-corrected chi connectivity index (χ2v) is 5.03. The SMILES string of the molecule is CC1CC(C(=O)NCC2CCCNC2)CO1. The first-order chi connectivity index (χ1) is 7.75. The minimum Gasteiger partial charge on any atom is -0.378 e. The van der Waals surface area contributed by atoms with Crippen molar-refractivity contribution < 1.29 is 9.53 Å². The lowest BCUT2D eigenvalue weighted by Gasteiger charge is -2.23. The summed E-state index contributed by atoms with van der Waals surface area (Å²) < 4.78 is 5.41. The van der Waals surface area contributed by atoms with Gasteiger partial charge in [0.2, 0.25) is 5.91 Å². The normalized spacial score (nSPS) is 34.9. The second-order valence-electron chi connectivity index (χ2n) is 5.03. The highest BCUT2D eigenvalue weighted by atomic mass is 16.5. The van der Waals surface area contributed by atoms with Crippen LogP contribution in [0.5, 0.6) is 0 Å². The maximum absolute atomic E-state index is 11.8. The molecule has 2 fully saturated rings. The monoisotopic (exact) mass is 226 g/mol. The van der Waals surface area contributed by atoms with Gasteiger partial charge in [-0.05, 0) is 45.2 Å². The zero-order valence-corrected chi connectivity index (χ0v) is 10.00. The molecule has 0 saturated carbocycles. The minimum atomic E-state index is 0.0755. The first kappa shape index (κ1) is 11.9. The standard InChI is InChI=1S/C12H22N2O2/c1-9-5-11(8-16-9)12(15)14-7-10-3-2-4-13-6-10/h9-11,13H,2-8H2,1H3,(H,14,15). The van der Waals surface area contributed by atoms with Crippen LogP contribution in [0.25, 0.3) is 0 Å². The van der Waals surface area contributed by atoms with Crippen LogP contribution in [0.4, 0.5) is 0 Å². The van der Waals surface area contributed by atoms with Gasteiger partial charge in [-0.3, -0.25) is 4.79 Å². The number of hydrogen-bond donors (Lipinski definition) is 2. The van der Waals surface area contributed by atoms with Gasteiger partial charge in [0.25, 0.3) is 0 Å². The van der Waals surface area contributed by atoms with Crippen LogP contribution in [0.2, 0.25) is 0 Å². The van der Waals surface area contributed by atoms with E-state index in [1.165, 1.54) is 12.8 Å². The Morgan fingerprint density at radius 2 is 2.44 bits per heavy atom. The molecule has 1 amide bonds. The highest BCUT2D eigenvalue weighted by Crippen LogP contribution is 2.19. The van der Waals surface area contributed by atoms with Crippen molar-refractivity contribution in [3.05, 3.63) is 0 Å². The molecular formula is C12H22N2O2. The van der Waals surface area contributed by atoms with E-state index >= 15 is 0 Å². The zero-order chi connectivity index (χ0) is 11.4. The molecule has 0 aromatic heterocycles. The van der Waals surface area contributed by atoms with Crippen LogP contribution in [-0.2, 0) is 9.53 Å². The van der Waals surface area contributed by atoms with E-state index in [0.717, 1.165) is 26.1 Å². The summed E-state index contributed by atoms with van der Waals surface area (Å²) in [6.45, 7) is 5.60. The van der Waals surface area contributed by atoms with E-state index in [1.807, 2.05) is 6.92 Å². The maximum atomic E-state index is 11.8. The number of rotatable bonds is 3. The molecule has 16 heavy (non-hydrogen) atoms. The van der Waals surface area contributed by atoms with Crippen molar-refractivity contribution in [1.29, 1.82) is 0 Å². The van der Waals surface area contributed by atoms with E-state index in [4.69, 9.17) is 4.74 Å². The van der Waals surface area contributed by atoms with Crippen LogP contribution >= 0.6 is 0 Å². The van der Waals surface area contributed by atoms with Gasteiger partial charge in [-0.2, -0.15) is 0 Å². The van der Waals surface area contributed by atoms with Crippen LogP contribution in [0.15, 0.2) is 0 Å². The Hall–Kier alpha value is -0.610. The highest BCUT2D eigenvalue weighted by molar-refractivity contribution is 5.79. The molecule has 3 unspecified atom stereocenters. The number of amides is 1. The van der Waals surface area contributed by atoms with Crippen molar-refractivity contribution in [2.24, 2.45) is 11.8 Å². The van der Waals surface area contributed by atoms with Gasteiger partial charge in [-0.25, -0.2) is 0 Å². The van der Waals surface area contributed by atoms with Gasteiger partial charge >= 0.3 is 0 Å². The Morgan fingerprint density at radius 1 is 1.56 bits per heavy atom. The van der Waals surface area contributed by atoms with Gasteiger partial charge in [0.15, 0.2) is 0 Å². The fraction of sp³-hybridized carbons (Fsp3) is 0.917. The quantitative estimate of drug-likeness (QED) is 0.738. The molecule has 0 radical (unpaired) electrons. The molecule has 4 nitrogen and oxygen atoms in total. The van der Waals surface area contributed by atoms with E-state index in [1.54, 1.807) is 0 Å². The molecule has 2 N–H and O–H groups in total. The molecule has 2 heterocycles. The summed E-state index contributed by atoms with van der Waals surface area (Å²) in [7, 11) is 0. The highest BCUT2D eigenvalue weighted by Gasteiger charge is 2.28. The Kier molecular flexibility index (Phi) is 4.18. The average Bonchev–Trinajstić information content (AvgIpc) is 2.74. The summed E-state index contributed by atoms with van der Waals surface area (Å²) in [4.78, 5) is 11.8.